The first-order chi connectivity index (χ1) is 11.5. The second-order valence-corrected chi connectivity index (χ2v) is 6.82. The molecule has 2 aliphatic rings. The van der Waals surface area contributed by atoms with Gasteiger partial charge in [0.05, 0.1) is 18.5 Å². The van der Waals surface area contributed by atoms with Gasteiger partial charge in [-0.1, -0.05) is 0 Å². The van der Waals surface area contributed by atoms with Crippen molar-refractivity contribution < 1.29 is 14.3 Å². The third-order valence-corrected chi connectivity index (χ3v) is 4.86. The Balaban J connectivity index is 1.65. The average molecular weight is 331 g/mol. The first kappa shape index (κ1) is 16.8. The number of methoxy groups -OCH3 is 1. The standard InChI is InChI=1S/C18H25N3O3/c1-11(22)19-16-6-5-15(24-2)10-17(16)21-18(23)9-12-7-13-3-4-14(8-12)20-13/h5-6,10,12-14,20H,3-4,7-9H2,1-2H3,(H,19,22)(H,21,23). The molecule has 2 amide bonds. The average Bonchev–Trinajstić information content (AvgIpc) is 2.87. The number of hydrogen-bond acceptors (Lipinski definition) is 4. The van der Waals surface area contributed by atoms with Crippen molar-refractivity contribution >= 4 is 23.2 Å². The number of hydrogen-bond donors (Lipinski definition) is 3. The number of ether oxygens (including phenoxy) is 1. The minimum absolute atomic E-state index is 0.0128. The summed E-state index contributed by atoms with van der Waals surface area (Å²) in [7, 11) is 1.57. The Labute approximate surface area is 142 Å². The zero-order valence-electron chi connectivity index (χ0n) is 14.2. The zero-order valence-corrected chi connectivity index (χ0v) is 14.2. The van der Waals surface area contributed by atoms with Crippen LogP contribution >= 0.6 is 0 Å². The summed E-state index contributed by atoms with van der Waals surface area (Å²) in [6.45, 7) is 1.45. The molecule has 6 nitrogen and oxygen atoms in total. The molecular formula is C18H25N3O3. The molecule has 2 atom stereocenters. The number of rotatable bonds is 5. The number of carbonyl (C=O) groups is 2. The van der Waals surface area contributed by atoms with Gasteiger partial charge in [-0.15, -0.1) is 0 Å². The summed E-state index contributed by atoms with van der Waals surface area (Å²) < 4.78 is 5.21. The van der Waals surface area contributed by atoms with Crippen molar-refractivity contribution in [3.63, 3.8) is 0 Å². The highest BCUT2D eigenvalue weighted by Crippen LogP contribution is 2.33. The third-order valence-electron chi connectivity index (χ3n) is 4.86. The molecule has 24 heavy (non-hydrogen) atoms. The SMILES string of the molecule is COc1ccc(NC(C)=O)c(NC(=O)CC2CC3CCC(C2)N3)c1. The number of piperidine rings is 1. The lowest BCUT2D eigenvalue weighted by atomic mass is 9.89. The minimum atomic E-state index is -0.175. The molecule has 2 bridgehead atoms. The summed E-state index contributed by atoms with van der Waals surface area (Å²) >= 11 is 0. The number of nitrogens with one attached hydrogen (secondary N) is 3. The van der Waals surface area contributed by atoms with Gasteiger partial charge in [-0.25, -0.2) is 0 Å². The minimum Gasteiger partial charge on any atom is -0.497 e. The molecule has 0 spiro atoms. The molecule has 2 aliphatic heterocycles. The summed E-state index contributed by atoms with van der Waals surface area (Å²) in [5.41, 5.74) is 1.16. The van der Waals surface area contributed by atoms with Crippen molar-refractivity contribution in [1.29, 1.82) is 0 Å². The number of anilines is 2. The lowest BCUT2D eigenvalue weighted by Crippen LogP contribution is -2.39. The quantitative estimate of drug-likeness (QED) is 0.774. The van der Waals surface area contributed by atoms with Gasteiger partial charge in [0.2, 0.25) is 11.8 Å². The van der Waals surface area contributed by atoms with E-state index in [2.05, 4.69) is 16.0 Å². The molecule has 3 N–H and O–H groups in total. The molecule has 2 heterocycles. The number of carbonyl (C=O) groups excluding carboxylic acids is 2. The van der Waals surface area contributed by atoms with Crippen LogP contribution < -0.4 is 20.7 Å². The molecule has 2 unspecified atom stereocenters. The second-order valence-electron chi connectivity index (χ2n) is 6.82. The summed E-state index contributed by atoms with van der Waals surface area (Å²) in [4.78, 5) is 23.8. The Morgan fingerprint density at radius 3 is 2.50 bits per heavy atom. The molecule has 0 saturated carbocycles. The van der Waals surface area contributed by atoms with Gasteiger partial charge in [0.15, 0.2) is 0 Å². The van der Waals surface area contributed by atoms with Gasteiger partial charge in [-0.3, -0.25) is 9.59 Å². The van der Waals surface area contributed by atoms with Crippen LogP contribution in [0.15, 0.2) is 18.2 Å². The number of benzene rings is 1. The van der Waals surface area contributed by atoms with Gasteiger partial charge in [0.25, 0.3) is 0 Å². The van der Waals surface area contributed by atoms with Crippen molar-refractivity contribution in [2.75, 3.05) is 17.7 Å². The molecular weight excluding hydrogens is 306 g/mol. The largest absolute Gasteiger partial charge is 0.497 e. The van der Waals surface area contributed by atoms with Crippen molar-refractivity contribution in [2.45, 2.75) is 51.1 Å². The van der Waals surface area contributed by atoms with E-state index >= 15 is 0 Å². The van der Waals surface area contributed by atoms with Crippen LogP contribution in [-0.4, -0.2) is 31.0 Å². The van der Waals surface area contributed by atoms with Crippen LogP contribution in [0, 0.1) is 5.92 Å². The van der Waals surface area contributed by atoms with Crippen LogP contribution in [0.4, 0.5) is 11.4 Å². The predicted molar refractivity (Wildman–Crippen MR) is 93.2 cm³/mol. The summed E-state index contributed by atoms with van der Waals surface area (Å²) in [6.07, 6.45) is 5.11. The van der Waals surface area contributed by atoms with Crippen molar-refractivity contribution in [2.24, 2.45) is 5.92 Å². The Morgan fingerprint density at radius 2 is 1.88 bits per heavy atom. The van der Waals surface area contributed by atoms with Gasteiger partial charge in [0.1, 0.15) is 5.75 Å². The van der Waals surface area contributed by atoms with E-state index in [0.717, 1.165) is 12.8 Å². The van der Waals surface area contributed by atoms with E-state index in [9.17, 15) is 9.59 Å². The van der Waals surface area contributed by atoms with E-state index in [-0.39, 0.29) is 11.8 Å². The van der Waals surface area contributed by atoms with Crippen molar-refractivity contribution in [3.05, 3.63) is 18.2 Å². The van der Waals surface area contributed by atoms with Crippen LogP contribution in [0.5, 0.6) is 5.75 Å². The molecule has 130 valence electrons. The third kappa shape index (κ3) is 4.06. The summed E-state index contributed by atoms with van der Waals surface area (Å²) in [5.74, 6) is 0.879. The fourth-order valence-corrected chi connectivity index (χ4v) is 3.86. The van der Waals surface area contributed by atoms with Crippen LogP contribution in [0.25, 0.3) is 0 Å². The smallest absolute Gasteiger partial charge is 0.224 e. The van der Waals surface area contributed by atoms with E-state index in [4.69, 9.17) is 4.74 Å². The normalized spacial score (nSPS) is 25.2. The second kappa shape index (κ2) is 7.21. The molecule has 2 fully saturated rings. The molecule has 6 heteroatoms. The van der Waals surface area contributed by atoms with Gasteiger partial charge in [-0.2, -0.15) is 0 Å². The molecule has 1 aromatic rings. The van der Waals surface area contributed by atoms with E-state index in [1.807, 2.05) is 0 Å². The fraction of sp³-hybridized carbons (Fsp3) is 0.556. The van der Waals surface area contributed by atoms with Crippen molar-refractivity contribution in [3.8, 4) is 5.75 Å². The lowest BCUT2D eigenvalue weighted by molar-refractivity contribution is -0.117. The Morgan fingerprint density at radius 1 is 1.17 bits per heavy atom. The van der Waals surface area contributed by atoms with Crippen LogP contribution in [0.3, 0.4) is 0 Å². The summed E-state index contributed by atoms with van der Waals surface area (Å²) in [5, 5.41) is 9.27. The maximum absolute atomic E-state index is 12.5. The van der Waals surface area contributed by atoms with Crippen LogP contribution in [-0.2, 0) is 9.59 Å². The van der Waals surface area contributed by atoms with Crippen molar-refractivity contribution in [1.82, 2.24) is 5.32 Å². The maximum Gasteiger partial charge on any atom is 0.224 e. The molecule has 0 aliphatic carbocycles. The Hall–Kier alpha value is -2.08. The van der Waals surface area contributed by atoms with Crippen LogP contribution in [0.1, 0.15) is 39.0 Å². The first-order valence-corrected chi connectivity index (χ1v) is 8.55. The van der Waals surface area contributed by atoms with Gasteiger partial charge < -0.3 is 20.7 Å². The van der Waals surface area contributed by atoms with E-state index in [0.29, 0.717) is 41.5 Å². The van der Waals surface area contributed by atoms with Gasteiger partial charge >= 0.3 is 0 Å². The fourth-order valence-electron chi connectivity index (χ4n) is 3.86. The lowest BCUT2D eigenvalue weighted by Gasteiger charge is -2.28. The van der Waals surface area contributed by atoms with Gasteiger partial charge in [0, 0.05) is 31.5 Å². The van der Waals surface area contributed by atoms with E-state index in [1.54, 1.807) is 25.3 Å². The molecule has 0 aromatic heterocycles. The molecule has 1 aromatic carbocycles. The highest BCUT2D eigenvalue weighted by Gasteiger charge is 2.34. The maximum atomic E-state index is 12.5. The van der Waals surface area contributed by atoms with E-state index < -0.39 is 0 Å². The first-order valence-electron chi connectivity index (χ1n) is 8.55. The Kier molecular flexibility index (Phi) is 5.04. The molecule has 2 saturated heterocycles. The topological polar surface area (TPSA) is 79.5 Å². The van der Waals surface area contributed by atoms with Crippen LogP contribution in [0.2, 0.25) is 0 Å². The molecule has 3 rings (SSSR count). The number of fused-ring (bicyclic) bond motifs is 2. The monoisotopic (exact) mass is 331 g/mol. The molecule has 0 radical (unpaired) electrons. The van der Waals surface area contributed by atoms with E-state index in [1.165, 1.54) is 19.8 Å². The predicted octanol–water partition coefficient (Wildman–Crippen LogP) is 2.51. The number of amides is 2. The van der Waals surface area contributed by atoms with Gasteiger partial charge in [-0.05, 0) is 43.7 Å². The Bertz CT molecular complexity index is 620. The summed E-state index contributed by atoms with van der Waals surface area (Å²) in [6, 6.07) is 6.38. The zero-order chi connectivity index (χ0) is 17.1. The highest BCUT2D eigenvalue weighted by atomic mass is 16.5. The highest BCUT2D eigenvalue weighted by molar-refractivity contribution is 5.99.